The molecule has 5 unspecified atom stereocenters. The van der Waals surface area contributed by atoms with Crippen LogP contribution in [0.1, 0.15) is 12.6 Å². The maximum Gasteiger partial charge on any atom is 0.129 e. The molecule has 32 heavy (non-hydrogen) atoms. The third kappa shape index (κ3) is 2.97. The second-order valence-electron chi connectivity index (χ2n) is 10.5. The number of hydrogen-bond donors (Lipinski definition) is 1. The zero-order chi connectivity index (χ0) is 21.9. The molecule has 0 aromatic carbocycles. The molecule has 1 N–H and O–H groups in total. The Morgan fingerprint density at radius 3 is 2.12 bits per heavy atom. The number of nitrogens with zero attached hydrogens (tertiary/aromatic N) is 2. The largest absolute Gasteiger partial charge is 0.301 e. The van der Waals surface area contributed by atoms with E-state index in [4.69, 9.17) is 0 Å². The molecule has 0 radical (unpaired) electrons. The quantitative estimate of drug-likeness (QED) is 0.645. The molecule has 1 aromatic rings. The summed E-state index contributed by atoms with van der Waals surface area (Å²) in [6, 6.07) is 6.92. The SMILES string of the molecule is C[C@@H]1NC2C(c3ccccn3)=CC=C[C@H]2N1[Si](C)(C)C1C2C=CC=CC2C2C=CC=CC21. The predicted molar refractivity (Wildman–Crippen MR) is 135 cm³/mol. The van der Waals surface area contributed by atoms with Crippen molar-refractivity contribution in [3.05, 3.63) is 96.9 Å². The van der Waals surface area contributed by atoms with Crippen molar-refractivity contribution >= 4 is 13.8 Å². The maximum absolute atomic E-state index is 4.68. The number of rotatable bonds is 3. The van der Waals surface area contributed by atoms with E-state index in [1.165, 1.54) is 5.57 Å². The van der Waals surface area contributed by atoms with Crippen LogP contribution in [0.5, 0.6) is 0 Å². The van der Waals surface area contributed by atoms with Gasteiger partial charge in [0.2, 0.25) is 0 Å². The molecule has 1 saturated heterocycles. The van der Waals surface area contributed by atoms with Gasteiger partial charge in [0, 0.05) is 12.2 Å². The van der Waals surface area contributed by atoms with Crippen molar-refractivity contribution in [2.24, 2.45) is 23.7 Å². The van der Waals surface area contributed by atoms with Crippen molar-refractivity contribution in [1.82, 2.24) is 14.9 Å². The van der Waals surface area contributed by atoms with Gasteiger partial charge >= 0.3 is 0 Å². The Morgan fingerprint density at radius 2 is 1.50 bits per heavy atom. The molecule has 2 fully saturated rings. The highest BCUT2D eigenvalue weighted by atomic mass is 28.3. The van der Waals surface area contributed by atoms with Gasteiger partial charge in [-0.1, -0.05) is 86.0 Å². The Morgan fingerprint density at radius 1 is 0.844 bits per heavy atom. The molecule has 0 spiro atoms. The highest BCUT2D eigenvalue weighted by Crippen LogP contribution is 2.59. The fourth-order valence-corrected chi connectivity index (χ4v) is 12.5. The van der Waals surface area contributed by atoms with Crippen LogP contribution in [-0.2, 0) is 0 Å². The first-order valence-electron chi connectivity index (χ1n) is 12.1. The first-order chi connectivity index (χ1) is 15.6. The number of pyridine rings is 1. The number of aromatic nitrogens is 1. The summed E-state index contributed by atoms with van der Waals surface area (Å²) in [7, 11) is -1.85. The molecule has 2 heterocycles. The van der Waals surface area contributed by atoms with Gasteiger partial charge in [-0.3, -0.25) is 10.3 Å². The van der Waals surface area contributed by atoms with Gasteiger partial charge in [0.05, 0.1) is 17.9 Å². The van der Waals surface area contributed by atoms with Gasteiger partial charge in [-0.25, -0.2) is 0 Å². The summed E-state index contributed by atoms with van der Waals surface area (Å²) < 4.78 is 2.90. The Balaban J connectivity index is 1.37. The zero-order valence-corrected chi connectivity index (χ0v) is 20.2. The van der Waals surface area contributed by atoms with Crippen LogP contribution in [0.3, 0.4) is 0 Å². The summed E-state index contributed by atoms with van der Waals surface area (Å²) in [6.07, 6.45) is 28.3. The zero-order valence-electron chi connectivity index (χ0n) is 19.2. The molecule has 164 valence electrons. The molecule has 6 rings (SSSR count). The first kappa shape index (κ1) is 20.3. The summed E-state index contributed by atoms with van der Waals surface area (Å²) >= 11 is 0. The Labute approximate surface area is 193 Å². The van der Waals surface area contributed by atoms with Gasteiger partial charge in [0.1, 0.15) is 8.24 Å². The first-order valence-corrected chi connectivity index (χ1v) is 15.1. The average molecular weight is 440 g/mol. The summed E-state index contributed by atoms with van der Waals surface area (Å²) in [4.78, 5) is 4.68. The van der Waals surface area contributed by atoms with Crippen molar-refractivity contribution in [2.75, 3.05) is 0 Å². The van der Waals surface area contributed by atoms with E-state index in [9.17, 15) is 0 Å². The van der Waals surface area contributed by atoms with Crippen LogP contribution in [0.2, 0.25) is 18.6 Å². The molecule has 1 aromatic heterocycles. The fourth-order valence-electron chi connectivity index (χ4n) is 7.52. The molecule has 1 saturated carbocycles. The van der Waals surface area contributed by atoms with Crippen molar-refractivity contribution < 1.29 is 0 Å². The highest BCUT2D eigenvalue weighted by Gasteiger charge is 2.59. The predicted octanol–water partition coefficient (Wildman–Crippen LogP) is 5.33. The van der Waals surface area contributed by atoms with E-state index in [1.807, 2.05) is 12.3 Å². The second-order valence-corrected chi connectivity index (χ2v) is 15.0. The molecule has 7 atom stereocenters. The van der Waals surface area contributed by atoms with Crippen molar-refractivity contribution in [3.8, 4) is 0 Å². The Bertz CT molecular complexity index is 1030. The van der Waals surface area contributed by atoms with E-state index in [0.717, 1.165) is 5.69 Å². The molecule has 4 heteroatoms. The summed E-state index contributed by atoms with van der Waals surface area (Å²) in [5.41, 5.74) is 3.11. The normalized spacial score (nSPS) is 39.7. The van der Waals surface area contributed by atoms with Crippen LogP contribution < -0.4 is 5.32 Å². The van der Waals surface area contributed by atoms with Gasteiger partial charge in [-0.15, -0.1) is 0 Å². The Hall–Kier alpha value is -2.27. The van der Waals surface area contributed by atoms with E-state index in [2.05, 4.69) is 114 Å². The third-order valence-corrected chi connectivity index (χ3v) is 13.0. The minimum Gasteiger partial charge on any atom is -0.301 e. The summed E-state index contributed by atoms with van der Waals surface area (Å²) in [5, 5.41) is 3.97. The number of hydrogen-bond acceptors (Lipinski definition) is 3. The lowest BCUT2D eigenvalue weighted by molar-refractivity contribution is 0.338. The molecule has 5 aliphatic rings. The Kier molecular flexibility index (Phi) is 4.86. The van der Waals surface area contributed by atoms with E-state index in [1.54, 1.807) is 0 Å². The number of fused-ring (bicyclic) bond motifs is 4. The highest BCUT2D eigenvalue weighted by molar-refractivity contribution is 6.76. The smallest absolute Gasteiger partial charge is 0.129 e. The van der Waals surface area contributed by atoms with Crippen LogP contribution in [0.15, 0.2) is 91.2 Å². The van der Waals surface area contributed by atoms with Crippen LogP contribution in [0.25, 0.3) is 5.57 Å². The van der Waals surface area contributed by atoms with Gasteiger partial charge in [0.15, 0.2) is 0 Å². The lowest BCUT2D eigenvalue weighted by atomic mass is 9.83. The average Bonchev–Trinajstić information content (AvgIpc) is 3.34. The number of allylic oxidation sites excluding steroid dienone is 10. The van der Waals surface area contributed by atoms with Gasteiger partial charge in [-0.2, -0.15) is 0 Å². The van der Waals surface area contributed by atoms with Gasteiger partial charge in [-0.05, 0) is 53.8 Å². The topological polar surface area (TPSA) is 28.2 Å². The van der Waals surface area contributed by atoms with E-state index >= 15 is 0 Å². The van der Waals surface area contributed by atoms with Crippen LogP contribution >= 0.6 is 0 Å². The maximum atomic E-state index is 4.68. The summed E-state index contributed by atoms with van der Waals surface area (Å²) in [6.45, 7) is 7.62. The van der Waals surface area contributed by atoms with Gasteiger partial charge in [0.25, 0.3) is 0 Å². The van der Waals surface area contributed by atoms with Gasteiger partial charge < -0.3 is 4.57 Å². The lowest BCUT2D eigenvalue weighted by Gasteiger charge is -2.47. The number of nitrogens with one attached hydrogen (secondary N) is 1. The molecule has 4 aliphatic carbocycles. The van der Waals surface area contributed by atoms with Crippen molar-refractivity contribution in [2.45, 2.75) is 43.8 Å². The molecule has 0 amide bonds. The van der Waals surface area contributed by atoms with Crippen LogP contribution in [0, 0.1) is 23.7 Å². The van der Waals surface area contributed by atoms with E-state index in [0.29, 0.717) is 47.5 Å². The molecule has 0 bridgehead atoms. The van der Waals surface area contributed by atoms with E-state index in [-0.39, 0.29) is 0 Å². The van der Waals surface area contributed by atoms with Crippen LogP contribution in [-0.4, -0.2) is 36.0 Å². The van der Waals surface area contributed by atoms with Crippen molar-refractivity contribution in [3.63, 3.8) is 0 Å². The summed E-state index contributed by atoms with van der Waals surface area (Å²) in [5.74, 6) is 2.54. The fraction of sp³-hybridized carbons (Fsp3) is 0.393. The minimum atomic E-state index is -1.85. The minimum absolute atomic E-state index is 0.299. The molecular formula is C28H33N3Si. The lowest BCUT2D eigenvalue weighted by Crippen LogP contribution is -2.59. The monoisotopic (exact) mass is 439 g/mol. The van der Waals surface area contributed by atoms with Crippen molar-refractivity contribution in [1.29, 1.82) is 0 Å². The molecule has 1 aliphatic heterocycles. The standard InChI is InChI=1S/C28H33N3Si/c1-19-30-27-24(25-16-8-9-18-29-25)15-10-17-26(27)31(19)32(2,3)28-22-13-6-4-11-20(22)21-12-5-7-14-23(21)28/h4-23,26-28,30H,1-3H3/t19-,20?,21?,22?,23?,26-,27?,28?/m1/s1. The van der Waals surface area contributed by atoms with Crippen LogP contribution in [0.4, 0.5) is 0 Å². The third-order valence-electron chi connectivity index (χ3n) is 8.58. The molecule has 3 nitrogen and oxygen atoms in total. The van der Waals surface area contributed by atoms with E-state index < -0.39 is 8.24 Å². The second kappa shape index (κ2) is 7.65. The molecular weight excluding hydrogens is 406 g/mol.